The van der Waals surface area contributed by atoms with E-state index in [1.165, 1.54) is 0 Å². The molecule has 0 N–H and O–H groups in total. The molecule has 0 spiro atoms. The van der Waals surface area contributed by atoms with Gasteiger partial charge in [-0.25, -0.2) is 0 Å². The van der Waals surface area contributed by atoms with Crippen LogP contribution in [0.3, 0.4) is 0 Å². The van der Waals surface area contributed by atoms with E-state index in [2.05, 4.69) is 65.5 Å². The second-order valence-corrected chi connectivity index (χ2v) is 31.8. The van der Waals surface area contributed by atoms with Crippen LogP contribution >= 0.6 is 0 Å². The second-order valence-electron chi connectivity index (χ2n) is 7.48. The molecule has 0 unspecified atom stereocenters. The summed E-state index contributed by atoms with van der Waals surface area (Å²) in [6.07, 6.45) is 0. The van der Waals surface area contributed by atoms with Crippen LogP contribution in [0.5, 0.6) is 0 Å². The highest BCUT2D eigenvalue weighted by Gasteiger charge is 2.45. The Morgan fingerprint density at radius 1 is 0.562 bits per heavy atom. The fraction of sp³-hybridized carbons (Fsp3) is 1.00. The van der Waals surface area contributed by atoms with Gasteiger partial charge in [-0.1, -0.05) is 19.6 Å². The molecular weight excluding hydrogens is 264 g/mol. The lowest BCUT2D eigenvalue weighted by atomic mass is 11.8. The molecule has 6 heteroatoms. The van der Waals surface area contributed by atoms with Crippen molar-refractivity contribution < 1.29 is 8.23 Å². The van der Waals surface area contributed by atoms with Crippen LogP contribution in [0.1, 0.15) is 0 Å². The van der Waals surface area contributed by atoms with Crippen LogP contribution < -0.4 is 0 Å². The Morgan fingerprint density at radius 3 is 1.19 bits per heavy atom. The lowest BCUT2D eigenvalue weighted by Gasteiger charge is -2.42. The molecule has 0 aromatic heterocycles. The van der Waals surface area contributed by atoms with Crippen LogP contribution in [-0.4, -0.2) is 32.3 Å². The predicted octanol–water partition coefficient (Wildman–Crippen LogP) is 4.18. The molecule has 0 bridgehead atoms. The minimum absolute atomic E-state index is 1.18. The molecule has 0 aliphatic rings. The van der Waals surface area contributed by atoms with Gasteiger partial charge in [0.05, 0.1) is 7.59 Å². The largest absolute Gasteiger partial charge is 0.439 e. The molecule has 0 heterocycles. The van der Waals surface area contributed by atoms with Crippen LogP contribution in [0.4, 0.5) is 0 Å². The van der Waals surface area contributed by atoms with Gasteiger partial charge in [-0.15, -0.1) is 0 Å². The highest BCUT2D eigenvalue weighted by atomic mass is 29.3. The van der Waals surface area contributed by atoms with Crippen LogP contribution in [0.25, 0.3) is 0 Å². The van der Waals surface area contributed by atoms with Gasteiger partial charge in [0.25, 0.3) is 0 Å². The van der Waals surface area contributed by atoms with Gasteiger partial charge in [0.1, 0.15) is 0 Å². The minimum atomic E-state index is -1.93. The molecule has 0 aliphatic carbocycles. The molecule has 98 valence electrons. The second kappa shape index (κ2) is 4.81. The van der Waals surface area contributed by atoms with E-state index in [0.717, 1.165) is 0 Å². The van der Waals surface area contributed by atoms with Gasteiger partial charge >= 0.3 is 8.56 Å². The van der Waals surface area contributed by atoms with E-state index in [1.54, 1.807) is 0 Å². The van der Waals surface area contributed by atoms with Crippen molar-refractivity contribution in [1.29, 1.82) is 0 Å². The Morgan fingerprint density at radius 2 is 0.938 bits per heavy atom. The Hall–Kier alpha value is 0.788. The summed E-state index contributed by atoms with van der Waals surface area (Å²) in [6, 6.07) is 0. The Labute approximate surface area is 106 Å². The fourth-order valence-corrected chi connectivity index (χ4v) is 19.1. The molecule has 2 nitrogen and oxygen atoms in total. The Bertz CT molecular complexity index is 238. The van der Waals surface area contributed by atoms with Gasteiger partial charge in [-0.2, -0.15) is 0 Å². The third-order valence-corrected chi connectivity index (χ3v) is 26.7. The van der Waals surface area contributed by atoms with Crippen LogP contribution in [0.2, 0.25) is 65.5 Å². The highest BCUT2D eigenvalue weighted by molar-refractivity contribution is 7.38. The molecule has 16 heavy (non-hydrogen) atoms. The van der Waals surface area contributed by atoms with Gasteiger partial charge in [0, 0.05) is 0 Å². The molecule has 0 fully saturated rings. The van der Waals surface area contributed by atoms with Gasteiger partial charge in [-0.05, 0) is 45.8 Å². The van der Waals surface area contributed by atoms with Gasteiger partial charge in [0.15, 0.2) is 16.2 Å². The summed E-state index contributed by atoms with van der Waals surface area (Å²) in [5.74, 6) is 0. The van der Waals surface area contributed by atoms with Gasteiger partial charge in [-0.3, -0.25) is 0 Å². The fourth-order valence-electron chi connectivity index (χ4n) is 1.53. The molecular formula is C10H30O2Si4. The molecule has 0 saturated carbocycles. The van der Waals surface area contributed by atoms with Crippen molar-refractivity contribution >= 4 is 32.3 Å². The molecule has 0 amide bonds. The monoisotopic (exact) mass is 294 g/mol. The summed E-state index contributed by atoms with van der Waals surface area (Å²) < 4.78 is 12.8. The van der Waals surface area contributed by atoms with Crippen LogP contribution in [0, 0.1) is 0 Å². The van der Waals surface area contributed by atoms with Crippen LogP contribution in [-0.2, 0) is 8.23 Å². The van der Waals surface area contributed by atoms with Crippen molar-refractivity contribution in [3.05, 3.63) is 0 Å². The molecule has 0 saturated heterocycles. The van der Waals surface area contributed by atoms with Crippen molar-refractivity contribution in [3.63, 3.8) is 0 Å². The van der Waals surface area contributed by atoms with E-state index in [4.69, 9.17) is 8.23 Å². The average molecular weight is 295 g/mol. The zero-order valence-electron chi connectivity index (χ0n) is 12.8. The lowest BCUT2D eigenvalue weighted by Crippen LogP contribution is -2.61. The van der Waals surface area contributed by atoms with E-state index in [0.29, 0.717) is 0 Å². The van der Waals surface area contributed by atoms with Crippen molar-refractivity contribution in [2.24, 2.45) is 0 Å². The van der Waals surface area contributed by atoms with E-state index >= 15 is 0 Å². The summed E-state index contributed by atoms with van der Waals surface area (Å²) in [7, 11) is -6.13. The lowest BCUT2D eigenvalue weighted by molar-refractivity contribution is 0.400. The summed E-state index contributed by atoms with van der Waals surface area (Å²) in [5, 5.41) is 0. The molecule has 0 aromatic carbocycles. The standard InChI is InChI=1S/C10H30O2Si4/c1-13(2,3)11-15(7,8)12-16(9,10)14(4,5)6/h1-10H3. The smallest absolute Gasteiger partial charge is 0.311 e. The van der Waals surface area contributed by atoms with E-state index in [1.807, 2.05) is 0 Å². The first-order valence-corrected chi connectivity index (χ1v) is 19.7. The molecule has 0 radical (unpaired) electrons. The van der Waals surface area contributed by atoms with E-state index in [9.17, 15) is 0 Å². The summed E-state index contributed by atoms with van der Waals surface area (Å²) >= 11 is 0. The quantitative estimate of drug-likeness (QED) is 0.708. The zero-order valence-corrected chi connectivity index (χ0v) is 16.8. The van der Waals surface area contributed by atoms with E-state index in [-0.39, 0.29) is 0 Å². The first-order chi connectivity index (χ1) is 6.66. The maximum atomic E-state index is 6.52. The van der Waals surface area contributed by atoms with E-state index < -0.39 is 32.3 Å². The SMILES string of the molecule is C[Si](C)(C)O[Si](C)(C)O[Si](C)(C)[Si](C)(C)C. The first-order valence-electron chi connectivity index (χ1n) is 6.07. The topological polar surface area (TPSA) is 18.5 Å². The minimum Gasteiger partial charge on any atom is -0.439 e. The maximum absolute atomic E-state index is 6.52. The summed E-state index contributed by atoms with van der Waals surface area (Å²) in [5.41, 5.74) is 0. The highest BCUT2D eigenvalue weighted by Crippen LogP contribution is 2.26. The Balaban J connectivity index is 4.72. The molecule has 0 aromatic rings. The van der Waals surface area contributed by atoms with Crippen molar-refractivity contribution in [3.8, 4) is 0 Å². The third-order valence-electron chi connectivity index (χ3n) is 2.86. The zero-order chi connectivity index (χ0) is 13.4. The number of hydrogen-bond acceptors (Lipinski definition) is 2. The summed E-state index contributed by atoms with van der Waals surface area (Å²) in [4.78, 5) is 0. The first kappa shape index (κ1) is 16.8. The van der Waals surface area contributed by atoms with Crippen molar-refractivity contribution in [2.45, 2.75) is 65.5 Å². The number of rotatable bonds is 5. The third kappa shape index (κ3) is 5.92. The van der Waals surface area contributed by atoms with Crippen LogP contribution in [0.15, 0.2) is 0 Å². The van der Waals surface area contributed by atoms with Crippen molar-refractivity contribution in [1.82, 2.24) is 0 Å². The Kier molecular flexibility index (Phi) is 5.05. The van der Waals surface area contributed by atoms with Crippen molar-refractivity contribution in [2.75, 3.05) is 0 Å². The normalized spacial score (nSPS) is 15.4. The average Bonchev–Trinajstić information content (AvgIpc) is 1.72. The molecule has 0 aliphatic heterocycles. The van der Waals surface area contributed by atoms with Gasteiger partial charge in [0.2, 0.25) is 0 Å². The number of hydrogen-bond donors (Lipinski definition) is 0. The maximum Gasteiger partial charge on any atom is 0.311 e. The summed E-state index contributed by atoms with van der Waals surface area (Å²) in [6.45, 7) is 23.1. The van der Waals surface area contributed by atoms with Gasteiger partial charge < -0.3 is 8.23 Å². The molecule has 0 rings (SSSR count). The predicted molar refractivity (Wildman–Crippen MR) is 83.8 cm³/mol. The molecule has 0 atom stereocenters.